The lowest BCUT2D eigenvalue weighted by Crippen LogP contribution is -1.83. The van der Waals surface area contributed by atoms with E-state index in [0.29, 0.717) is 11.1 Å². The van der Waals surface area contributed by atoms with Crippen LogP contribution in [0.25, 0.3) is 22.1 Å². The number of hydrogen-bond acceptors (Lipinski definition) is 4. The molecule has 0 saturated heterocycles. The maximum Gasteiger partial charge on any atom is 0.153 e. The SMILES string of the molecule is O=Cc1cc(-c2cnoc2)cc2ccoc12. The lowest BCUT2D eigenvalue weighted by atomic mass is 10.0. The maximum absolute atomic E-state index is 10.9. The molecular weight excluding hydrogens is 206 g/mol. The molecule has 3 aromatic rings. The number of carbonyl (C=O) groups excluding carboxylic acids is 1. The van der Waals surface area contributed by atoms with E-state index in [4.69, 9.17) is 8.94 Å². The number of nitrogens with zero attached hydrogens (tertiary/aromatic N) is 1. The molecule has 2 heterocycles. The van der Waals surface area contributed by atoms with Crippen LogP contribution >= 0.6 is 0 Å². The van der Waals surface area contributed by atoms with Crippen molar-refractivity contribution in [2.75, 3.05) is 0 Å². The number of aldehydes is 1. The summed E-state index contributed by atoms with van der Waals surface area (Å²) in [5, 5.41) is 4.52. The molecule has 0 aliphatic carbocycles. The molecule has 0 spiro atoms. The van der Waals surface area contributed by atoms with Gasteiger partial charge in [0, 0.05) is 10.9 Å². The van der Waals surface area contributed by atoms with Gasteiger partial charge in [-0.15, -0.1) is 0 Å². The van der Waals surface area contributed by atoms with Crippen LogP contribution in [-0.2, 0) is 0 Å². The first-order valence-corrected chi connectivity index (χ1v) is 4.74. The van der Waals surface area contributed by atoms with Gasteiger partial charge in [0.2, 0.25) is 0 Å². The van der Waals surface area contributed by atoms with Crippen LogP contribution < -0.4 is 0 Å². The molecule has 0 aliphatic heterocycles. The first-order valence-electron chi connectivity index (χ1n) is 4.74. The zero-order chi connectivity index (χ0) is 11.0. The monoisotopic (exact) mass is 213 g/mol. The van der Waals surface area contributed by atoms with Crippen molar-refractivity contribution in [3.63, 3.8) is 0 Å². The Kier molecular flexibility index (Phi) is 1.86. The van der Waals surface area contributed by atoms with E-state index >= 15 is 0 Å². The van der Waals surface area contributed by atoms with E-state index in [1.165, 1.54) is 6.26 Å². The van der Waals surface area contributed by atoms with Crippen molar-refractivity contribution in [3.05, 3.63) is 42.5 Å². The van der Waals surface area contributed by atoms with Crippen molar-refractivity contribution < 1.29 is 13.7 Å². The highest BCUT2D eigenvalue weighted by molar-refractivity contribution is 5.97. The number of carbonyl (C=O) groups is 1. The Bertz CT molecular complexity index is 637. The van der Waals surface area contributed by atoms with Gasteiger partial charge in [0.25, 0.3) is 0 Å². The van der Waals surface area contributed by atoms with Crippen LogP contribution in [0.1, 0.15) is 10.4 Å². The number of aromatic nitrogens is 1. The molecule has 78 valence electrons. The smallest absolute Gasteiger partial charge is 0.153 e. The van der Waals surface area contributed by atoms with Crippen LogP contribution in [-0.4, -0.2) is 11.4 Å². The third kappa shape index (κ3) is 1.24. The topological polar surface area (TPSA) is 56.2 Å². The van der Waals surface area contributed by atoms with E-state index in [-0.39, 0.29) is 0 Å². The zero-order valence-corrected chi connectivity index (χ0v) is 8.21. The highest BCUT2D eigenvalue weighted by atomic mass is 16.5. The summed E-state index contributed by atoms with van der Waals surface area (Å²) in [6.45, 7) is 0. The highest BCUT2D eigenvalue weighted by Gasteiger charge is 2.08. The largest absolute Gasteiger partial charge is 0.464 e. The summed E-state index contributed by atoms with van der Waals surface area (Å²) in [6, 6.07) is 5.50. The predicted octanol–water partition coefficient (Wildman–Crippen LogP) is 2.90. The average Bonchev–Trinajstić information content (AvgIpc) is 2.97. The number of fused-ring (bicyclic) bond motifs is 1. The summed E-state index contributed by atoms with van der Waals surface area (Å²) in [7, 11) is 0. The molecule has 0 N–H and O–H groups in total. The number of rotatable bonds is 2. The van der Waals surface area contributed by atoms with Crippen LogP contribution in [0.3, 0.4) is 0 Å². The van der Waals surface area contributed by atoms with Crippen molar-refractivity contribution in [2.24, 2.45) is 0 Å². The predicted molar refractivity (Wildman–Crippen MR) is 57.1 cm³/mol. The Morgan fingerprint density at radius 2 is 2.19 bits per heavy atom. The second kappa shape index (κ2) is 3.34. The summed E-state index contributed by atoms with van der Waals surface area (Å²) in [5.41, 5.74) is 2.86. The minimum absolute atomic E-state index is 0.527. The van der Waals surface area contributed by atoms with Crippen LogP contribution in [0.15, 0.2) is 45.9 Å². The quantitative estimate of drug-likeness (QED) is 0.614. The van der Waals surface area contributed by atoms with Crippen molar-refractivity contribution in [1.82, 2.24) is 5.16 Å². The molecule has 0 amide bonds. The molecule has 0 radical (unpaired) electrons. The van der Waals surface area contributed by atoms with E-state index in [1.54, 1.807) is 18.5 Å². The molecule has 0 atom stereocenters. The van der Waals surface area contributed by atoms with E-state index in [0.717, 1.165) is 22.8 Å². The third-order valence-corrected chi connectivity index (χ3v) is 2.47. The molecule has 4 nitrogen and oxygen atoms in total. The summed E-state index contributed by atoms with van der Waals surface area (Å²) in [6.07, 6.45) is 5.49. The molecule has 0 unspecified atom stereocenters. The second-order valence-electron chi connectivity index (χ2n) is 3.44. The van der Waals surface area contributed by atoms with Gasteiger partial charge in [-0.25, -0.2) is 0 Å². The lowest BCUT2D eigenvalue weighted by molar-refractivity contribution is 0.112. The fourth-order valence-electron chi connectivity index (χ4n) is 1.71. The number of furan rings is 1. The van der Waals surface area contributed by atoms with E-state index in [9.17, 15) is 4.79 Å². The van der Waals surface area contributed by atoms with Gasteiger partial charge in [-0.3, -0.25) is 4.79 Å². The average molecular weight is 213 g/mol. The number of benzene rings is 1. The van der Waals surface area contributed by atoms with E-state index in [1.807, 2.05) is 12.1 Å². The van der Waals surface area contributed by atoms with Gasteiger partial charge in [0.05, 0.1) is 18.0 Å². The van der Waals surface area contributed by atoms with E-state index < -0.39 is 0 Å². The van der Waals surface area contributed by atoms with Crippen molar-refractivity contribution in [2.45, 2.75) is 0 Å². The molecule has 0 fully saturated rings. The maximum atomic E-state index is 10.9. The Hall–Kier alpha value is -2.36. The van der Waals surface area contributed by atoms with Crippen molar-refractivity contribution in [3.8, 4) is 11.1 Å². The molecule has 0 aliphatic rings. The fraction of sp³-hybridized carbons (Fsp3) is 0. The highest BCUT2D eigenvalue weighted by Crippen LogP contribution is 2.27. The fourth-order valence-corrected chi connectivity index (χ4v) is 1.71. The van der Waals surface area contributed by atoms with Gasteiger partial charge < -0.3 is 8.94 Å². The Balaban J connectivity index is 2.31. The van der Waals surface area contributed by atoms with Gasteiger partial charge >= 0.3 is 0 Å². The van der Waals surface area contributed by atoms with Gasteiger partial charge in [0.1, 0.15) is 11.8 Å². The molecule has 0 saturated carbocycles. The summed E-state index contributed by atoms with van der Waals surface area (Å²) < 4.78 is 10.0. The summed E-state index contributed by atoms with van der Waals surface area (Å²) >= 11 is 0. The van der Waals surface area contributed by atoms with Gasteiger partial charge in [-0.1, -0.05) is 5.16 Å². The minimum Gasteiger partial charge on any atom is -0.464 e. The third-order valence-electron chi connectivity index (χ3n) is 2.47. The molecule has 4 heteroatoms. The second-order valence-corrected chi connectivity index (χ2v) is 3.44. The first-order chi connectivity index (χ1) is 7.88. The molecular formula is C12H7NO3. The van der Waals surface area contributed by atoms with Gasteiger partial charge in [0.15, 0.2) is 6.29 Å². The summed E-state index contributed by atoms with van der Waals surface area (Å²) in [4.78, 5) is 10.9. The van der Waals surface area contributed by atoms with Gasteiger partial charge in [-0.05, 0) is 23.8 Å². The molecule has 0 bridgehead atoms. The molecule has 3 rings (SSSR count). The zero-order valence-electron chi connectivity index (χ0n) is 8.21. The minimum atomic E-state index is 0.527. The first kappa shape index (κ1) is 8.91. The standard InChI is InChI=1S/C12H7NO3/c14-6-10-4-9(11-5-13-16-7-11)3-8-1-2-15-12(8)10/h1-7H. The van der Waals surface area contributed by atoms with Crippen molar-refractivity contribution >= 4 is 17.3 Å². The normalized spacial score (nSPS) is 10.8. The molecule has 16 heavy (non-hydrogen) atoms. The van der Waals surface area contributed by atoms with Crippen LogP contribution in [0.5, 0.6) is 0 Å². The van der Waals surface area contributed by atoms with Crippen LogP contribution in [0.4, 0.5) is 0 Å². The summed E-state index contributed by atoms with van der Waals surface area (Å²) in [5.74, 6) is 0. The van der Waals surface area contributed by atoms with Gasteiger partial charge in [-0.2, -0.15) is 0 Å². The molecule has 2 aromatic heterocycles. The van der Waals surface area contributed by atoms with Crippen LogP contribution in [0, 0.1) is 0 Å². The Morgan fingerprint density at radius 3 is 2.94 bits per heavy atom. The van der Waals surface area contributed by atoms with E-state index in [2.05, 4.69) is 5.16 Å². The molecule has 1 aromatic carbocycles. The Morgan fingerprint density at radius 1 is 1.25 bits per heavy atom. The van der Waals surface area contributed by atoms with Crippen molar-refractivity contribution in [1.29, 1.82) is 0 Å². The lowest BCUT2D eigenvalue weighted by Gasteiger charge is -1.99. The number of hydrogen-bond donors (Lipinski definition) is 0. The Labute approximate surface area is 90.5 Å². The van der Waals surface area contributed by atoms with Crippen LogP contribution in [0.2, 0.25) is 0 Å².